The predicted octanol–water partition coefficient (Wildman–Crippen LogP) is 15.1. The molecule has 12 aromatic rings. The van der Waals surface area contributed by atoms with E-state index < -0.39 is 0 Å². The molecule has 3 saturated heterocycles. The largest absolute Gasteiger partial charge is 0.490 e. The third kappa shape index (κ3) is 19.4. The zero-order chi connectivity index (χ0) is 74.2. The number of hydrogen-bond acceptors (Lipinski definition) is 17. The highest BCUT2D eigenvalue weighted by atomic mass is 127. The second kappa shape index (κ2) is 34.0. The van der Waals surface area contributed by atoms with Crippen LogP contribution in [0.15, 0.2) is 195 Å². The number of fused-ring (bicyclic) bond motifs is 3. The van der Waals surface area contributed by atoms with Gasteiger partial charge in [-0.15, -0.1) is 0 Å². The number of halogens is 1. The fourth-order valence-corrected chi connectivity index (χ4v) is 14.3. The number of likely N-dealkylation sites (N-methyl/N-ethyl adjacent to an activating group) is 1. The van der Waals surface area contributed by atoms with E-state index >= 15 is 0 Å². The van der Waals surface area contributed by atoms with E-state index in [1.54, 1.807) is 44.8 Å². The minimum Gasteiger partial charge on any atom is -0.400 e. The van der Waals surface area contributed by atoms with Crippen LogP contribution in [-0.4, -0.2) is 170 Å². The number of piperidine rings is 2. The molecule has 550 valence electrons. The first-order chi connectivity index (χ1) is 51.0. The summed E-state index contributed by atoms with van der Waals surface area (Å²) in [5, 5.41) is 19.1. The molecule has 0 radical (unpaired) electrons. The molecule has 13 heterocycles. The molecule has 0 atom stereocenters. The van der Waals surface area contributed by atoms with Gasteiger partial charge in [-0.1, -0.05) is 49.9 Å². The summed E-state index contributed by atoms with van der Waals surface area (Å²) in [6, 6.07) is 35.9. The SMILES string of the molecule is C.CN1CC=C(B2OC(C)(C)C(C)(C)O2)CC1.CN1CCC(c2cc(C(=O)Cc3cc4cc(-c5cnn(C)c5)ccc4cn3)ccn2)CC1.CN1CCC(c2cc(C(=O)Cc3cc4cc(-c5cnn(C)c5)ccc4cn3)ccn2)CC1.Cn1cc(-c2ccc3cnc(CC(=O)c4ccnc(I)c4)cc3c2)cn1. The third-order valence-electron chi connectivity index (χ3n) is 21.0. The molecule has 0 aliphatic carbocycles. The maximum absolute atomic E-state index is 13.0. The van der Waals surface area contributed by atoms with Crippen LogP contribution in [0.4, 0.5) is 0 Å². The number of pyridine rings is 6. The maximum Gasteiger partial charge on any atom is 0.490 e. The lowest BCUT2D eigenvalue weighted by molar-refractivity contribution is 0.00578. The molecule has 0 spiro atoms. The molecule has 22 heteroatoms. The third-order valence-corrected chi connectivity index (χ3v) is 21.6. The molecule has 3 fully saturated rings. The second-order valence-electron chi connectivity index (χ2n) is 29.6. The number of hydrogen-bond donors (Lipinski definition) is 0. The average molecular weight is 1540 g/mol. The Hall–Kier alpha value is -9.69. The molecule has 0 amide bonds. The van der Waals surface area contributed by atoms with E-state index in [9.17, 15) is 14.4 Å². The minimum atomic E-state index is -0.220. The number of Topliss-reactive ketones (excluding diaryl/α,β-unsaturated/α-hetero) is 3. The van der Waals surface area contributed by atoms with Crippen molar-refractivity contribution in [3.63, 3.8) is 0 Å². The van der Waals surface area contributed by atoms with E-state index in [0.717, 1.165) is 180 Å². The van der Waals surface area contributed by atoms with E-state index in [1.165, 1.54) is 5.47 Å². The summed E-state index contributed by atoms with van der Waals surface area (Å²) in [7, 11) is 12.0. The average Bonchev–Trinajstić information content (AvgIpc) is 1.70. The highest BCUT2D eigenvalue weighted by Crippen LogP contribution is 2.40. The number of aryl methyl sites for hydroxylation is 3. The van der Waals surface area contributed by atoms with Crippen LogP contribution in [0.25, 0.3) is 65.7 Å². The Morgan fingerprint density at radius 3 is 1.13 bits per heavy atom. The monoisotopic (exact) mass is 1540 g/mol. The molecule has 4 aliphatic rings. The summed E-state index contributed by atoms with van der Waals surface area (Å²) in [6.07, 6.45) is 30.7. The van der Waals surface area contributed by atoms with E-state index in [0.29, 0.717) is 17.4 Å². The van der Waals surface area contributed by atoms with Gasteiger partial charge in [-0.3, -0.25) is 58.3 Å². The number of rotatable bonds is 15. The molecule has 16 rings (SSSR count). The Morgan fingerprint density at radius 2 is 0.794 bits per heavy atom. The fraction of sp³-hybridized carbons (Fsp3) is 0.341. The molecule has 0 bridgehead atoms. The van der Waals surface area contributed by atoms with Crippen molar-refractivity contribution < 1.29 is 23.7 Å². The van der Waals surface area contributed by atoms with Gasteiger partial charge >= 0.3 is 7.12 Å². The van der Waals surface area contributed by atoms with Gasteiger partial charge in [-0.05, 0) is 241 Å². The first-order valence-electron chi connectivity index (χ1n) is 36.4. The van der Waals surface area contributed by atoms with E-state index in [2.05, 4.69) is 186 Å². The van der Waals surface area contributed by atoms with Crippen LogP contribution in [0.5, 0.6) is 0 Å². The molecule has 0 saturated carbocycles. The van der Waals surface area contributed by atoms with Gasteiger partial charge in [-0.25, -0.2) is 0 Å². The van der Waals surface area contributed by atoms with Crippen molar-refractivity contribution in [1.29, 1.82) is 0 Å². The van der Waals surface area contributed by atoms with Crippen molar-refractivity contribution in [3.05, 3.63) is 244 Å². The Labute approximate surface area is 641 Å². The molecule has 0 N–H and O–H groups in total. The Morgan fingerprint density at radius 1 is 0.430 bits per heavy atom. The van der Waals surface area contributed by atoms with E-state index in [-0.39, 0.29) is 62.4 Å². The fourth-order valence-electron chi connectivity index (χ4n) is 13.8. The standard InChI is InChI=1S/2C26H27N5O.C20H15IN4O.C12H22BNO2.CH4/c2*1-30-9-6-18(7-10-30)25-13-20(5-8-27-25)26(32)14-24-12-22-11-19(3-4-21(22)15-28-24)23-16-29-31(2)17-23;1-25-12-17(11-24-25)13-2-3-15-10-23-18(7-16(15)6-13)9-19(26)14-4-5-22-20(21)8-14;1-11(2)12(3,4)16-13(15-11)10-6-8-14(5)9-7-10;/h2*3-5,8,11-13,15-18H,6-7,9-10,14H2,1-2H3;2-8,10-12H,9H2,1H3;6H,7-9H2,1-5H3;1H4. The summed E-state index contributed by atoms with van der Waals surface area (Å²) < 4.78 is 18.2. The van der Waals surface area contributed by atoms with E-state index in [1.807, 2.05) is 125 Å². The van der Waals surface area contributed by atoms with Gasteiger partial charge in [0, 0.05) is 180 Å². The number of aromatic nitrogens is 12. The van der Waals surface area contributed by atoms with Crippen molar-refractivity contribution in [1.82, 2.24) is 73.9 Å². The number of likely N-dealkylation sites (tertiary alicyclic amines) is 2. The van der Waals surface area contributed by atoms with Gasteiger partial charge in [0.25, 0.3) is 0 Å². The number of benzene rings is 3. The quantitative estimate of drug-likeness (QED) is 0.0404. The Kier molecular flexibility index (Phi) is 24.5. The molecular formula is C85H95BIN15O5. The Balaban J connectivity index is 0.000000137. The van der Waals surface area contributed by atoms with Crippen molar-refractivity contribution in [3.8, 4) is 33.4 Å². The zero-order valence-corrected chi connectivity index (χ0v) is 64.3. The molecule has 3 aromatic carbocycles. The minimum absolute atomic E-state index is 0. The molecule has 20 nitrogen and oxygen atoms in total. The van der Waals surface area contributed by atoms with Crippen LogP contribution in [0.1, 0.15) is 139 Å². The van der Waals surface area contributed by atoms with Crippen molar-refractivity contribution in [2.45, 2.75) is 110 Å². The molecule has 107 heavy (non-hydrogen) atoms. The van der Waals surface area contributed by atoms with Crippen LogP contribution in [0.2, 0.25) is 0 Å². The summed E-state index contributed by atoms with van der Waals surface area (Å²) in [6.45, 7) is 14.8. The molecule has 4 aliphatic heterocycles. The molecule has 9 aromatic heterocycles. The summed E-state index contributed by atoms with van der Waals surface area (Å²) in [5.41, 5.74) is 13.9. The maximum atomic E-state index is 13.0. The highest BCUT2D eigenvalue weighted by molar-refractivity contribution is 14.1. The van der Waals surface area contributed by atoms with Crippen molar-refractivity contribution in [2.75, 3.05) is 60.4 Å². The van der Waals surface area contributed by atoms with Gasteiger partial charge < -0.3 is 24.0 Å². The summed E-state index contributed by atoms with van der Waals surface area (Å²) in [4.78, 5) is 72.4. The van der Waals surface area contributed by atoms with Crippen molar-refractivity contribution in [2.24, 2.45) is 21.1 Å². The summed E-state index contributed by atoms with van der Waals surface area (Å²) in [5.74, 6) is 1.07. The van der Waals surface area contributed by atoms with Crippen LogP contribution in [0.3, 0.4) is 0 Å². The number of carbonyl (C=O) groups excluding carboxylic acids is 3. The molecule has 0 unspecified atom stereocenters. The highest BCUT2D eigenvalue weighted by Gasteiger charge is 2.52. The smallest absolute Gasteiger partial charge is 0.400 e. The number of ketones is 3. The van der Waals surface area contributed by atoms with Crippen LogP contribution in [-0.2, 0) is 49.7 Å². The zero-order valence-electron chi connectivity index (χ0n) is 62.2. The van der Waals surface area contributed by atoms with Gasteiger partial charge in [0.2, 0.25) is 0 Å². The number of nitrogens with zero attached hydrogens (tertiary/aromatic N) is 15. The lowest BCUT2D eigenvalue weighted by atomic mass is 9.75. The lowest BCUT2D eigenvalue weighted by Gasteiger charge is -2.32. The molecular weight excluding hydrogens is 1450 g/mol. The van der Waals surface area contributed by atoms with Crippen molar-refractivity contribution >= 4 is 79.4 Å². The van der Waals surface area contributed by atoms with Gasteiger partial charge in [0.05, 0.1) is 49.1 Å². The van der Waals surface area contributed by atoms with Gasteiger partial charge in [0.1, 0.15) is 3.70 Å². The van der Waals surface area contributed by atoms with E-state index in [4.69, 9.17) is 9.31 Å². The number of carbonyl (C=O) groups is 3. The Bertz CT molecular complexity index is 4970. The first kappa shape index (κ1) is 76.9. The normalized spacial score (nSPS) is 16.2. The van der Waals surface area contributed by atoms with Crippen LogP contribution in [0, 0.1) is 3.70 Å². The lowest BCUT2D eigenvalue weighted by Crippen LogP contribution is -2.41. The van der Waals surface area contributed by atoms with Crippen LogP contribution >= 0.6 is 22.6 Å². The summed E-state index contributed by atoms with van der Waals surface area (Å²) >= 11 is 2.11. The van der Waals surface area contributed by atoms with Gasteiger partial charge in [0.15, 0.2) is 17.3 Å². The first-order valence-corrected chi connectivity index (χ1v) is 37.4. The predicted molar refractivity (Wildman–Crippen MR) is 433 cm³/mol. The van der Waals surface area contributed by atoms with Crippen LogP contribution < -0.4 is 0 Å². The van der Waals surface area contributed by atoms with Gasteiger partial charge in [-0.2, -0.15) is 15.3 Å². The second-order valence-corrected chi connectivity index (χ2v) is 30.7. The topological polar surface area (TPSA) is 210 Å².